The van der Waals surface area contributed by atoms with Crippen LogP contribution in [0.25, 0.3) is 0 Å². The van der Waals surface area contributed by atoms with Crippen molar-refractivity contribution in [2.45, 2.75) is 39.3 Å². The Hall–Kier alpha value is -1.80. The molecular weight excluding hydrogens is 258 g/mol. The van der Waals surface area contributed by atoms with Gasteiger partial charge in [0, 0.05) is 19.0 Å². The predicted octanol–water partition coefficient (Wildman–Crippen LogP) is 4.17. The van der Waals surface area contributed by atoms with Gasteiger partial charge in [-0.15, -0.1) is 0 Å². The molecule has 1 heterocycles. The van der Waals surface area contributed by atoms with Gasteiger partial charge >= 0.3 is 0 Å². The van der Waals surface area contributed by atoms with E-state index >= 15 is 0 Å². The summed E-state index contributed by atoms with van der Waals surface area (Å²) in [7, 11) is 0. The Morgan fingerprint density at radius 1 is 1.14 bits per heavy atom. The monoisotopic (exact) mass is 281 g/mol. The maximum atomic E-state index is 5.56. The Kier molecular flexibility index (Phi) is 4.26. The third-order valence-electron chi connectivity index (χ3n) is 4.19. The first kappa shape index (κ1) is 14.2. The van der Waals surface area contributed by atoms with Gasteiger partial charge in [0.05, 0.1) is 6.61 Å². The summed E-state index contributed by atoms with van der Waals surface area (Å²) < 4.78 is 5.56. The smallest absolute Gasteiger partial charge is 0.122 e. The van der Waals surface area contributed by atoms with Crippen LogP contribution in [0, 0.1) is 6.92 Å². The first-order chi connectivity index (χ1) is 10.3. The largest absolute Gasteiger partial charge is 0.493 e. The fourth-order valence-corrected chi connectivity index (χ4v) is 2.89. The van der Waals surface area contributed by atoms with Gasteiger partial charge in [-0.1, -0.05) is 48.9 Å². The number of benzene rings is 2. The molecule has 1 N–H and O–H groups in total. The molecule has 1 atom stereocenters. The molecule has 0 saturated heterocycles. The predicted molar refractivity (Wildman–Crippen MR) is 86.7 cm³/mol. The van der Waals surface area contributed by atoms with Gasteiger partial charge in [-0.25, -0.2) is 0 Å². The molecule has 0 aliphatic carbocycles. The van der Waals surface area contributed by atoms with E-state index in [2.05, 4.69) is 61.6 Å². The lowest BCUT2D eigenvalue weighted by Gasteiger charge is -2.18. The van der Waals surface area contributed by atoms with Gasteiger partial charge in [0.25, 0.3) is 0 Å². The van der Waals surface area contributed by atoms with E-state index < -0.39 is 0 Å². The molecule has 2 aromatic rings. The zero-order chi connectivity index (χ0) is 14.7. The molecule has 0 amide bonds. The van der Waals surface area contributed by atoms with Crippen molar-refractivity contribution in [1.82, 2.24) is 5.32 Å². The van der Waals surface area contributed by atoms with Crippen LogP contribution in [0.15, 0.2) is 42.5 Å². The minimum Gasteiger partial charge on any atom is -0.493 e. The molecule has 2 heteroatoms. The van der Waals surface area contributed by atoms with Gasteiger partial charge in [-0.3, -0.25) is 0 Å². The van der Waals surface area contributed by atoms with E-state index in [9.17, 15) is 0 Å². The maximum absolute atomic E-state index is 5.56. The number of aryl methyl sites for hydroxylation is 1. The summed E-state index contributed by atoms with van der Waals surface area (Å²) in [6, 6.07) is 15.8. The molecular formula is C19H23NO. The van der Waals surface area contributed by atoms with Crippen molar-refractivity contribution in [3.05, 3.63) is 64.7 Å². The first-order valence-electron chi connectivity index (χ1n) is 7.81. The van der Waals surface area contributed by atoms with Gasteiger partial charge in [-0.2, -0.15) is 0 Å². The van der Waals surface area contributed by atoms with E-state index in [0.29, 0.717) is 6.04 Å². The SMILES string of the molecule is CCC(NCc1ccc2c(c1)CCO2)c1ccc(C)cc1. The highest BCUT2D eigenvalue weighted by Crippen LogP contribution is 2.26. The lowest BCUT2D eigenvalue weighted by atomic mass is 10.0. The third kappa shape index (κ3) is 3.27. The zero-order valence-electron chi connectivity index (χ0n) is 12.9. The average Bonchev–Trinajstić information content (AvgIpc) is 2.97. The summed E-state index contributed by atoms with van der Waals surface area (Å²) in [6.45, 7) is 6.09. The minimum atomic E-state index is 0.412. The summed E-state index contributed by atoms with van der Waals surface area (Å²) in [5, 5.41) is 3.67. The van der Waals surface area contributed by atoms with Gasteiger partial charge in [0.2, 0.25) is 0 Å². The normalized spacial score (nSPS) is 14.6. The van der Waals surface area contributed by atoms with E-state index in [4.69, 9.17) is 4.74 Å². The maximum Gasteiger partial charge on any atom is 0.122 e. The van der Waals surface area contributed by atoms with Crippen LogP contribution in [-0.4, -0.2) is 6.61 Å². The van der Waals surface area contributed by atoms with Crippen LogP contribution in [-0.2, 0) is 13.0 Å². The summed E-state index contributed by atoms with van der Waals surface area (Å²) in [5.41, 5.74) is 5.36. The molecule has 0 spiro atoms. The fourth-order valence-electron chi connectivity index (χ4n) is 2.89. The quantitative estimate of drug-likeness (QED) is 0.888. The van der Waals surface area contributed by atoms with Gasteiger partial charge < -0.3 is 10.1 Å². The molecule has 2 aromatic carbocycles. The standard InChI is InChI=1S/C19H23NO/c1-3-18(16-7-4-14(2)5-8-16)20-13-15-6-9-19-17(12-15)10-11-21-19/h4-9,12,18,20H,3,10-11,13H2,1-2H3. The second kappa shape index (κ2) is 6.31. The van der Waals surface area contributed by atoms with Crippen LogP contribution < -0.4 is 10.1 Å². The van der Waals surface area contributed by atoms with Crippen molar-refractivity contribution in [2.24, 2.45) is 0 Å². The molecule has 0 aromatic heterocycles. The number of nitrogens with one attached hydrogen (secondary N) is 1. The van der Waals surface area contributed by atoms with Crippen molar-refractivity contribution in [2.75, 3.05) is 6.61 Å². The summed E-state index contributed by atoms with van der Waals surface area (Å²) in [6.07, 6.45) is 2.13. The number of rotatable bonds is 5. The topological polar surface area (TPSA) is 21.3 Å². The van der Waals surface area contributed by atoms with Gasteiger partial charge in [0.1, 0.15) is 5.75 Å². The highest BCUT2D eigenvalue weighted by atomic mass is 16.5. The molecule has 0 radical (unpaired) electrons. The van der Waals surface area contributed by atoms with Crippen molar-refractivity contribution in [3.8, 4) is 5.75 Å². The number of hydrogen-bond acceptors (Lipinski definition) is 2. The molecule has 110 valence electrons. The highest BCUT2D eigenvalue weighted by Gasteiger charge is 2.13. The Morgan fingerprint density at radius 3 is 2.71 bits per heavy atom. The molecule has 2 nitrogen and oxygen atoms in total. The van der Waals surface area contributed by atoms with E-state index in [-0.39, 0.29) is 0 Å². The van der Waals surface area contributed by atoms with Crippen LogP contribution in [0.1, 0.15) is 41.6 Å². The third-order valence-corrected chi connectivity index (χ3v) is 4.19. The van der Waals surface area contributed by atoms with E-state index in [0.717, 1.165) is 31.7 Å². The van der Waals surface area contributed by atoms with Crippen molar-refractivity contribution >= 4 is 0 Å². The van der Waals surface area contributed by atoms with Gasteiger partial charge in [0.15, 0.2) is 0 Å². The lowest BCUT2D eigenvalue weighted by Crippen LogP contribution is -2.20. The van der Waals surface area contributed by atoms with Crippen molar-refractivity contribution in [3.63, 3.8) is 0 Å². The number of ether oxygens (including phenoxy) is 1. The molecule has 21 heavy (non-hydrogen) atoms. The van der Waals surface area contributed by atoms with Crippen LogP contribution in [0.2, 0.25) is 0 Å². The van der Waals surface area contributed by atoms with Crippen LogP contribution >= 0.6 is 0 Å². The molecule has 1 unspecified atom stereocenters. The Morgan fingerprint density at radius 2 is 1.95 bits per heavy atom. The first-order valence-corrected chi connectivity index (χ1v) is 7.81. The molecule has 3 rings (SSSR count). The number of fused-ring (bicyclic) bond motifs is 1. The molecule has 0 bridgehead atoms. The van der Waals surface area contributed by atoms with E-state index in [1.807, 2.05) is 0 Å². The lowest BCUT2D eigenvalue weighted by molar-refractivity contribution is 0.357. The van der Waals surface area contributed by atoms with Crippen molar-refractivity contribution in [1.29, 1.82) is 0 Å². The zero-order valence-corrected chi connectivity index (χ0v) is 12.9. The van der Waals surface area contributed by atoms with Crippen LogP contribution in [0.5, 0.6) is 5.75 Å². The van der Waals surface area contributed by atoms with E-state index in [1.54, 1.807) is 0 Å². The minimum absolute atomic E-state index is 0.412. The highest BCUT2D eigenvalue weighted by molar-refractivity contribution is 5.39. The molecule has 1 aliphatic rings. The van der Waals surface area contributed by atoms with E-state index in [1.165, 1.54) is 22.3 Å². The second-order valence-electron chi connectivity index (χ2n) is 5.79. The van der Waals surface area contributed by atoms with Crippen molar-refractivity contribution < 1.29 is 4.74 Å². The van der Waals surface area contributed by atoms with Gasteiger partial charge in [-0.05, 0) is 36.1 Å². The molecule has 0 fully saturated rings. The van der Waals surface area contributed by atoms with Crippen LogP contribution in [0.3, 0.4) is 0 Å². The Labute approximate surface area is 127 Å². The summed E-state index contributed by atoms with van der Waals surface area (Å²) in [5.74, 6) is 1.06. The number of hydrogen-bond donors (Lipinski definition) is 1. The second-order valence-corrected chi connectivity index (χ2v) is 5.79. The fraction of sp³-hybridized carbons (Fsp3) is 0.368. The summed E-state index contributed by atoms with van der Waals surface area (Å²) >= 11 is 0. The average molecular weight is 281 g/mol. The molecule has 0 saturated carbocycles. The Bertz CT molecular complexity index is 603. The molecule has 1 aliphatic heterocycles. The van der Waals surface area contributed by atoms with Crippen LogP contribution in [0.4, 0.5) is 0 Å². The summed E-state index contributed by atoms with van der Waals surface area (Å²) in [4.78, 5) is 0. The Balaban J connectivity index is 1.66.